The Hall–Kier alpha value is -0.330. The standard InChI is InChI=1S/C13H17IN2O.ClH/c1-9-3-4-12(14)11(7-9)13(17)16-6-5-15-8-10(16)2;/h3-4,7,10,15H,5-6,8H2,1-2H3;1H/t10-;/m0./s1. The summed E-state index contributed by atoms with van der Waals surface area (Å²) < 4.78 is 1.03. The lowest BCUT2D eigenvalue weighted by molar-refractivity contribution is 0.0654. The highest BCUT2D eigenvalue weighted by atomic mass is 127. The van der Waals surface area contributed by atoms with Crippen LogP contribution in [0, 0.1) is 10.5 Å². The van der Waals surface area contributed by atoms with Gasteiger partial charge in [0, 0.05) is 29.2 Å². The Bertz CT molecular complexity index is 439. The second kappa shape index (κ2) is 6.73. The summed E-state index contributed by atoms with van der Waals surface area (Å²) in [5.41, 5.74) is 1.97. The zero-order chi connectivity index (χ0) is 12.4. The molecule has 1 aromatic carbocycles. The molecule has 1 atom stereocenters. The van der Waals surface area contributed by atoms with Crippen LogP contribution in [0.25, 0.3) is 0 Å². The number of amides is 1. The van der Waals surface area contributed by atoms with Crippen molar-refractivity contribution in [1.82, 2.24) is 10.2 Å². The summed E-state index contributed by atoms with van der Waals surface area (Å²) in [4.78, 5) is 14.4. The van der Waals surface area contributed by atoms with Gasteiger partial charge in [0.25, 0.3) is 5.91 Å². The molecular formula is C13H18ClIN2O. The van der Waals surface area contributed by atoms with Gasteiger partial charge in [0.1, 0.15) is 0 Å². The summed E-state index contributed by atoms with van der Waals surface area (Å²) in [6.07, 6.45) is 0. The van der Waals surface area contributed by atoms with E-state index in [1.54, 1.807) is 0 Å². The van der Waals surface area contributed by atoms with E-state index in [4.69, 9.17) is 0 Å². The smallest absolute Gasteiger partial charge is 0.255 e. The van der Waals surface area contributed by atoms with Crippen molar-refractivity contribution in [3.05, 3.63) is 32.9 Å². The molecule has 5 heteroatoms. The van der Waals surface area contributed by atoms with E-state index in [0.717, 1.165) is 34.3 Å². The predicted molar refractivity (Wildman–Crippen MR) is 84.5 cm³/mol. The number of benzene rings is 1. The lowest BCUT2D eigenvalue weighted by atomic mass is 10.1. The van der Waals surface area contributed by atoms with Crippen LogP contribution in [0.5, 0.6) is 0 Å². The Morgan fingerprint density at radius 1 is 1.50 bits per heavy atom. The quantitative estimate of drug-likeness (QED) is 0.759. The number of piperazine rings is 1. The number of halogens is 2. The average molecular weight is 381 g/mol. The minimum absolute atomic E-state index is 0. The van der Waals surface area contributed by atoms with Gasteiger partial charge < -0.3 is 10.2 Å². The molecule has 1 saturated heterocycles. The van der Waals surface area contributed by atoms with Gasteiger partial charge in [-0.3, -0.25) is 4.79 Å². The van der Waals surface area contributed by atoms with Gasteiger partial charge in [-0.1, -0.05) is 11.6 Å². The fraction of sp³-hybridized carbons (Fsp3) is 0.462. The zero-order valence-corrected chi connectivity index (χ0v) is 13.5. The van der Waals surface area contributed by atoms with Crippen LogP contribution in [0.2, 0.25) is 0 Å². The maximum Gasteiger partial charge on any atom is 0.255 e. The van der Waals surface area contributed by atoms with Gasteiger partial charge in [0.15, 0.2) is 0 Å². The largest absolute Gasteiger partial charge is 0.333 e. The second-order valence-corrected chi connectivity index (χ2v) is 5.70. The van der Waals surface area contributed by atoms with Gasteiger partial charge >= 0.3 is 0 Å². The average Bonchev–Trinajstić information content (AvgIpc) is 2.32. The van der Waals surface area contributed by atoms with Crippen LogP contribution in [0.1, 0.15) is 22.8 Å². The second-order valence-electron chi connectivity index (χ2n) is 4.53. The minimum atomic E-state index is 0. The molecule has 1 heterocycles. The molecule has 0 aromatic heterocycles. The van der Waals surface area contributed by atoms with E-state index in [0.29, 0.717) is 0 Å². The summed E-state index contributed by atoms with van der Waals surface area (Å²) in [7, 11) is 0. The third-order valence-corrected chi connectivity index (χ3v) is 4.06. The number of aryl methyl sites for hydroxylation is 1. The first kappa shape index (κ1) is 15.7. The van der Waals surface area contributed by atoms with E-state index in [1.165, 1.54) is 0 Å². The van der Waals surface area contributed by atoms with Crippen LogP contribution in [-0.4, -0.2) is 36.5 Å². The number of carbonyl (C=O) groups is 1. The molecule has 1 aromatic rings. The maximum absolute atomic E-state index is 12.5. The van der Waals surface area contributed by atoms with E-state index < -0.39 is 0 Å². The molecular weight excluding hydrogens is 363 g/mol. The van der Waals surface area contributed by atoms with Crippen molar-refractivity contribution >= 4 is 40.9 Å². The fourth-order valence-electron chi connectivity index (χ4n) is 2.10. The topological polar surface area (TPSA) is 32.3 Å². The minimum Gasteiger partial charge on any atom is -0.333 e. The molecule has 0 bridgehead atoms. The lowest BCUT2D eigenvalue weighted by Gasteiger charge is -2.34. The Labute approximate surface area is 128 Å². The van der Waals surface area contributed by atoms with Gasteiger partial charge in [-0.2, -0.15) is 0 Å². The predicted octanol–water partition coefficient (Wildman–Crippen LogP) is 2.46. The summed E-state index contributed by atoms with van der Waals surface area (Å²) in [5.74, 6) is 0.159. The van der Waals surface area contributed by atoms with Crippen molar-refractivity contribution in [2.45, 2.75) is 19.9 Å². The van der Waals surface area contributed by atoms with E-state index in [9.17, 15) is 4.79 Å². The van der Waals surface area contributed by atoms with Crippen LogP contribution < -0.4 is 5.32 Å². The summed E-state index contributed by atoms with van der Waals surface area (Å²) in [5, 5.41) is 3.30. The van der Waals surface area contributed by atoms with Crippen LogP contribution in [0.15, 0.2) is 18.2 Å². The number of hydrogen-bond acceptors (Lipinski definition) is 2. The molecule has 0 radical (unpaired) electrons. The molecule has 1 fully saturated rings. The molecule has 1 aliphatic heterocycles. The fourth-order valence-corrected chi connectivity index (χ4v) is 2.67. The van der Waals surface area contributed by atoms with Crippen molar-refractivity contribution in [1.29, 1.82) is 0 Å². The van der Waals surface area contributed by atoms with Crippen molar-refractivity contribution in [2.24, 2.45) is 0 Å². The van der Waals surface area contributed by atoms with Gasteiger partial charge in [-0.05, 0) is 48.6 Å². The third kappa shape index (κ3) is 3.36. The van der Waals surface area contributed by atoms with Gasteiger partial charge in [-0.15, -0.1) is 12.4 Å². The monoisotopic (exact) mass is 380 g/mol. The molecule has 0 spiro atoms. The lowest BCUT2D eigenvalue weighted by Crippen LogP contribution is -2.52. The Morgan fingerprint density at radius 2 is 2.22 bits per heavy atom. The van der Waals surface area contributed by atoms with Crippen LogP contribution in [-0.2, 0) is 0 Å². The highest BCUT2D eigenvalue weighted by Gasteiger charge is 2.25. The number of hydrogen-bond donors (Lipinski definition) is 1. The van der Waals surface area contributed by atoms with Gasteiger partial charge in [0.05, 0.1) is 5.56 Å². The van der Waals surface area contributed by atoms with Crippen molar-refractivity contribution in [3.8, 4) is 0 Å². The highest BCUT2D eigenvalue weighted by Crippen LogP contribution is 2.18. The molecule has 1 aliphatic rings. The van der Waals surface area contributed by atoms with E-state index in [1.807, 2.05) is 30.0 Å². The number of nitrogens with zero attached hydrogens (tertiary/aromatic N) is 1. The Morgan fingerprint density at radius 3 is 2.89 bits per heavy atom. The maximum atomic E-state index is 12.5. The van der Waals surface area contributed by atoms with Crippen molar-refractivity contribution in [2.75, 3.05) is 19.6 Å². The first-order chi connectivity index (χ1) is 8.09. The molecule has 100 valence electrons. The molecule has 0 saturated carbocycles. The van der Waals surface area contributed by atoms with E-state index in [-0.39, 0.29) is 24.4 Å². The molecule has 3 nitrogen and oxygen atoms in total. The zero-order valence-electron chi connectivity index (χ0n) is 10.6. The summed E-state index contributed by atoms with van der Waals surface area (Å²) >= 11 is 2.23. The normalized spacial score (nSPS) is 19.3. The SMILES string of the molecule is Cc1ccc(I)c(C(=O)N2CCNC[C@@H]2C)c1.Cl. The first-order valence-corrected chi connectivity index (χ1v) is 6.95. The number of carbonyl (C=O) groups excluding carboxylic acids is 1. The molecule has 2 rings (SSSR count). The van der Waals surface area contributed by atoms with Crippen LogP contribution >= 0.6 is 35.0 Å². The van der Waals surface area contributed by atoms with Gasteiger partial charge in [-0.25, -0.2) is 0 Å². The molecule has 0 unspecified atom stereocenters. The molecule has 18 heavy (non-hydrogen) atoms. The van der Waals surface area contributed by atoms with Crippen LogP contribution in [0.3, 0.4) is 0 Å². The Balaban J connectivity index is 0.00000162. The van der Waals surface area contributed by atoms with E-state index >= 15 is 0 Å². The van der Waals surface area contributed by atoms with Crippen molar-refractivity contribution < 1.29 is 4.79 Å². The highest BCUT2D eigenvalue weighted by molar-refractivity contribution is 14.1. The summed E-state index contributed by atoms with van der Waals surface area (Å²) in [6, 6.07) is 6.31. The Kier molecular flexibility index (Phi) is 5.88. The van der Waals surface area contributed by atoms with Crippen LogP contribution in [0.4, 0.5) is 0 Å². The van der Waals surface area contributed by atoms with E-state index in [2.05, 4.69) is 34.8 Å². The molecule has 0 aliphatic carbocycles. The van der Waals surface area contributed by atoms with Gasteiger partial charge in [0.2, 0.25) is 0 Å². The third-order valence-electron chi connectivity index (χ3n) is 3.11. The number of rotatable bonds is 1. The van der Waals surface area contributed by atoms with Crippen molar-refractivity contribution in [3.63, 3.8) is 0 Å². The molecule has 1 N–H and O–H groups in total. The number of nitrogens with one attached hydrogen (secondary N) is 1. The molecule has 1 amide bonds. The first-order valence-electron chi connectivity index (χ1n) is 5.87. The summed E-state index contributed by atoms with van der Waals surface area (Å²) in [6.45, 7) is 6.68.